The second-order valence-electron chi connectivity index (χ2n) is 4.17. The first-order valence-electron chi connectivity index (χ1n) is 5.16. The molecule has 1 aliphatic heterocycles. The van der Waals surface area contributed by atoms with Gasteiger partial charge in [0.2, 0.25) is 5.54 Å². The second-order valence-corrected chi connectivity index (χ2v) is 4.61. The van der Waals surface area contributed by atoms with Crippen molar-refractivity contribution in [3.8, 4) is 0 Å². The van der Waals surface area contributed by atoms with E-state index in [0.717, 1.165) is 0 Å². The number of carbonyl (C=O) groups is 2. The van der Waals surface area contributed by atoms with Crippen LogP contribution in [0.25, 0.3) is 0 Å². The topological polar surface area (TPSA) is 49.4 Å². The smallest absolute Gasteiger partial charge is 0.315 e. The number of urea groups is 1. The van der Waals surface area contributed by atoms with Gasteiger partial charge in [-0.15, -0.1) is 0 Å². The number of nitrogens with zero attached hydrogens (tertiary/aromatic N) is 1. The third-order valence-corrected chi connectivity index (χ3v) is 3.06. The third kappa shape index (κ3) is 2.03. The number of alkyl halides is 3. The average Bonchev–Trinajstić information content (AvgIpc) is 2.50. The van der Waals surface area contributed by atoms with Crippen molar-refractivity contribution in [3.63, 3.8) is 0 Å². The van der Waals surface area contributed by atoms with Crippen molar-refractivity contribution < 1.29 is 22.8 Å². The van der Waals surface area contributed by atoms with Crippen molar-refractivity contribution in [2.45, 2.75) is 18.6 Å². The summed E-state index contributed by atoms with van der Waals surface area (Å²) < 4.78 is 38.5. The molecule has 0 spiro atoms. The van der Waals surface area contributed by atoms with Crippen molar-refractivity contribution in [3.05, 3.63) is 29.3 Å². The lowest BCUT2D eigenvalue weighted by Gasteiger charge is -2.24. The minimum absolute atomic E-state index is 0.0111. The van der Waals surface area contributed by atoms with Crippen molar-refractivity contribution in [1.29, 1.82) is 0 Å². The number of anilines is 1. The molecule has 0 saturated carbocycles. The summed E-state index contributed by atoms with van der Waals surface area (Å²) in [5, 5.41) is 1.86. The zero-order valence-corrected chi connectivity index (χ0v) is 10.3. The third-order valence-electron chi connectivity index (χ3n) is 2.82. The minimum Gasteiger partial charge on any atom is -0.315 e. The Kier molecular flexibility index (Phi) is 2.97. The van der Waals surface area contributed by atoms with Crippen LogP contribution in [0.4, 0.5) is 23.7 Å². The fraction of sp³-hybridized carbons (Fsp3) is 0.273. The minimum atomic E-state index is -4.88. The molecule has 102 valence electrons. The van der Waals surface area contributed by atoms with E-state index >= 15 is 0 Å². The number of benzene rings is 1. The van der Waals surface area contributed by atoms with Crippen LogP contribution in [0.1, 0.15) is 6.92 Å². The molecule has 1 unspecified atom stereocenters. The zero-order valence-electron chi connectivity index (χ0n) is 9.58. The number of carbonyl (C=O) groups excluding carboxylic acids is 2. The van der Waals surface area contributed by atoms with E-state index in [2.05, 4.69) is 0 Å². The van der Waals surface area contributed by atoms with Gasteiger partial charge < -0.3 is 5.32 Å². The van der Waals surface area contributed by atoms with Crippen molar-refractivity contribution >= 4 is 29.2 Å². The molecule has 19 heavy (non-hydrogen) atoms. The summed E-state index contributed by atoms with van der Waals surface area (Å²) in [6.45, 7) is 0.623. The van der Waals surface area contributed by atoms with Gasteiger partial charge in [0.15, 0.2) is 0 Å². The van der Waals surface area contributed by atoms with E-state index in [9.17, 15) is 22.8 Å². The molecule has 1 fully saturated rings. The molecule has 1 saturated heterocycles. The lowest BCUT2D eigenvalue weighted by Crippen LogP contribution is -2.56. The van der Waals surface area contributed by atoms with Crippen LogP contribution in [0, 0.1) is 0 Å². The van der Waals surface area contributed by atoms with Crippen LogP contribution >= 0.6 is 11.6 Å². The van der Waals surface area contributed by atoms with Gasteiger partial charge in [0, 0.05) is 5.02 Å². The molecule has 8 heteroatoms. The predicted octanol–water partition coefficient (Wildman–Crippen LogP) is 2.72. The van der Waals surface area contributed by atoms with Gasteiger partial charge in [0.25, 0.3) is 5.91 Å². The van der Waals surface area contributed by atoms with Gasteiger partial charge in [-0.3, -0.25) is 4.79 Å². The fourth-order valence-corrected chi connectivity index (χ4v) is 1.87. The molecule has 0 aromatic heterocycles. The van der Waals surface area contributed by atoms with Gasteiger partial charge in [0.1, 0.15) is 0 Å². The van der Waals surface area contributed by atoms with Gasteiger partial charge in [-0.05, 0) is 25.1 Å². The Hall–Kier alpha value is -1.76. The summed E-state index contributed by atoms with van der Waals surface area (Å²) >= 11 is 5.69. The Morgan fingerprint density at radius 3 is 2.42 bits per heavy atom. The number of rotatable bonds is 1. The summed E-state index contributed by atoms with van der Waals surface area (Å²) in [6, 6.07) is 4.34. The highest BCUT2D eigenvalue weighted by molar-refractivity contribution is 6.31. The summed E-state index contributed by atoms with van der Waals surface area (Å²) in [7, 11) is 0. The summed E-state index contributed by atoms with van der Waals surface area (Å²) in [5.41, 5.74) is -2.94. The van der Waals surface area contributed by atoms with E-state index in [1.165, 1.54) is 24.3 Å². The Labute approximate surface area is 111 Å². The molecule has 3 amide bonds. The van der Waals surface area contributed by atoms with Gasteiger partial charge in [-0.1, -0.05) is 17.7 Å². The molecule has 1 aliphatic rings. The molecule has 0 radical (unpaired) electrons. The fourth-order valence-electron chi connectivity index (χ4n) is 1.68. The van der Waals surface area contributed by atoms with Crippen molar-refractivity contribution in [2.75, 3.05) is 4.90 Å². The molecular formula is C11H8ClF3N2O2. The van der Waals surface area contributed by atoms with Crippen LogP contribution in [0.5, 0.6) is 0 Å². The standard InChI is InChI=1S/C11H8ClF3N2O2/c1-10(11(13,14)15)8(18)17(9(19)16-10)7-4-2-3-6(12)5-7/h2-5H,1H3,(H,16,19). The van der Waals surface area contributed by atoms with Crippen LogP contribution < -0.4 is 10.2 Å². The quantitative estimate of drug-likeness (QED) is 0.809. The van der Waals surface area contributed by atoms with Gasteiger partial charge >= 0.3 is 12.2 Å². The predicted molar refractivity (Wildman–Crippen MR) is 61.9 cm³/mol. The van der Waals surface area contributed by atoms with Crippen LogP contribution in [0.15, 0.2) is 24.3 Å². The average molecular weight is 293 g/mol. The Balaban J connectivity index is 2.45. The van der Waals surface area contributed by atoms with E-state index in [0.29, 0.717) is 11.8 Å². The molecule has 1 aromatic rings. The van der Waals surface area contributed by atoms with E-state index in [4.69, 9.17) is 11.6 Å². The largest absolute Gasteiger partial charge is 0.420 e. The van der Waals surface area contributed by atoms with Gasteiger partial charge in [-0.2, -0.15) is 13.2 Å². The second kappa shape index (κ2) is 4.12. The Morgan fingerprint density at radius 1 is 1.32 bits per heavy atom. The molecule has 0 bridgehead atoms. The first-order chi connectivity index (χ1) is 8.67. The zero-order chi connectivity index (χ0) is 14.4. The number of hydrogen-bond acceptors (Lipinski definition) is 2. The molecular weight excluding hydrogens is 285 g/mol. The maximum Gasteiger partial charge on any atom is 0.420 e. The molecule has 1 aromatic carbocycles. The van der Waals surface area contributed by atoms with E-state index in [1.54, 1.807) is 5.32 Å². The lowest BCUT2D eigenvalue weighted by atomic mass is 10.0. The summed E-state index contributed by atoms with van der Waals surface area (Å²) in [5.74, 6) is -1.38. The highest BCUT2D eigenvalue weighted by Crippen LogP contribution is 2.37. The number of amides is 3. The van der Waals surface area contributed by atoms with E-state index in [-0.39, 0.29) is 10.7 Å². The highest BCUT2D eigenvalue weighted by atomic mass is 35.5. The normalized spacial score (nSPS) is 23.7. The van der Waals surface area contributed by atoms with Gasteiger partial charge in [0.05, 0.1) is 5.69 Å². The summed E-state index contributed by atoms with van der Waals surface area (Å²) in [6.07, 6.45) is -4.88. The van der Waals surface area contributed by atoms with Crippen molar-refractivity contribution in [2.24, 2.45) is 0 Å². The van der Waals surface area contributed by atoms with Crippen molar-refractivity contribution in [1.82, 2.24) is 5.32 Å². The number of imide groups is 1. The van der Waals surface area contributed by atoms with Gasteiger partial charge in [-0.25, -0.2) is 9.69 Å². The first kappa shape index (κ1) is 13.7. The molecule has 0 aliphatic carbocycles. The maximum atomic E-state index is 12.8. The van der Waals surface area contributed by atoms with Crippen LogP contribution in [-0.2, 0) is 4.79 Å². The SMILES string of the molecule is CC1(C(F)(F)F)NC(=O)N(c2cccc(Cl)c2)C1=O. The molecule has 1 N–H and O–H groups in total. The first-order valence-corrected chi connectivity index (χ1v) is 5.53. The summed E-state index contributed by atoms with van der Waals surface area (Å²) in [4.78, 5) is 23.9. The van der Waals surface area contributed by atoms with E-state index < -0.39 is 23.7 Å². The maximum absolute atomic E-state index is 12.8. The van der Waals surface area contributed by atoms with Crippen LogP contribution in [0.3, 0.4) is 0 Å². The monoisotopic (exact) mass is 292 g/mol. The number of halogens is 4. The molecule has 1 heterocycles. The highest BCUT2D eigenvalue weighted by Gasteiger charge is 2.64. The van der Waals surface area contributed by atoms with E-state index in [1.807, 2.05) is 0 Å². The molecule has 4 nitrogen and oxygen atoms in total. The Bertz CT molecular complexity index is 561. The number of hydrogen-bond donors (Lipinski definition) is 1. The molecule has 1 atom stereocenters. The Morgan fingerprint density at radius 2 is 1.95 bits per heavy atom. The van der Waals surface area contributed by atoms with Crippen LogP contribution in [0.2, 0.25) is 5.02 Å². The lowest BCUT2D eigenvalue weighted by molar-refractivity contribution is -0.187. The number of nitrogens with one attached hydrogen (secondary N) is 1. The molecule has 2 rings (SSSR count). The van der Waals surface area contributed by atoms with Crippen LogP contribution in [-0.4, -0.2) is 23.7 Å².